The standard InChI is InChI=1S/C12H13IN4/c1-2-6-15-11-9(13)8-16-12(17-11)10-5-3-4-7-14-10/h3-5,7-8H,2,6H2,1H3,(H,15,16,17). The molecule has 0 unspecified atom stereocenters. The average Bonchev–Trinajstić information content (AvgIpc) is 2.39. The molecule has 2 heterocycles. The molecule has 0 aliphatic rings. The summed E-state index contributed by atoms with van der Waals surface area (Å²) in [5.74, 6) is 1.53. The van der Waals surface area contributed by atoms with E-state index in [9.17, 15) is 0 Å². The first-order valence-corrected chi connectivity index (χ1v) is 6.57. The van der Waals surface area contributed by atoms with Crippen molar-refractivity contribution >= 4 is 28.4 Å². The molecule has 0 aromatic carbocycles. The zero-order valence-electron chi connectivity index (χ0n) is 9.52. The minimum Gasteiger partial charge on any atom is -0.369 e. The van der Waals surface area contributed by atoms with E-state index in [1.807, 2.05) is 24.4 Å². The predicted octanol–water partition coefficient (Wildman–Crippen LogP) is 2.97. The maximum absolute atomic E-state index is 4.49. The van der Waals surface area contributed by atoms with Gasteiger partial charge >= 0.3 is 0 Å². The van der Waals surface area contributed by atoms with Gasteiger partial charge in [-0.1, -0.05) is 13.0 Å². The molecule has 17 heavy (non-hydrogen) atoms. The van der Waals surface area contributed by atoms with Crippen molar-refractivity contribution in [2.75, 3.05) is 11.9 Å². The highest BCUT2D eigenvalue weighted by Gasteiger charge is 2.06. The number of nitrogens with one attached hydrogen (secondary N) is 1. The van der Waals surface area contributed by atoms with E-state index in [1.54, 1.807) is 6.20 Å². The highest BCUT2D eigenvalue weighted by molar-refractivity contribution is 14.1. The zero-order chi connectivity index (χ0) is 12.1. The van der Waals surface area contributed by atoms with Gasteiger partial charge in [0, 0.05) is 18.9 Å². The van der Waals surface area contributed by atoms with Crippen LogP contribution in [0.15, 0.2) is 30.6 Å². The molecule has 0 saturated carbocycles. The highest BCUT2D eigenvalue weighted by Crippen LogP contribution is 2.18. The van der Waals surface area contributed by atoms with Crippen molar-refractivity contribution < 1.29 is 0 Å². The normalized spacial score (nSPS) is 10.2. The van der Waals surface area contributed by atoms with Crippen molar-refractivity contribution in [2.45, 2.75) is 13.3 Å². The fraction of sp³-hybridized carbons (Fsp3) is 0.250. The largest absolute Gasteiger partial charge is 0.369 e. The van der Waals surface area contributed by atoms with Gasteiger partial charge in [-0.15, -0.1) is 0 Å². The minimum atomic E-state index is 0.657. The van der Waals surface area contributed by atoms with Gasteiger partial charge in [-0.05, 0) is 41.1 Å². The number of anilines is 1. The molecule has 0 atom stereocenters. The Labute approximate surface area is 114 Å². The lowest BCUT2D eigenvalue weighted by molar-refractivity contribution is 0.962. The van der Waals surface area contributed by atoms with E-state index in [2.05, 4.69) is 49.8 Å². The summed E-state index contributed by atoms with van der Waals surface area (Å²) in [6.07, 6.45) is 4.63. The van der Waals surface area contributed by atoms with Gasteiger partial charge in [0.05, 0.1) is 3.57 Å². The Hall–Kier alpha value is -1.24. The van der Waals surface area contributed by atoms with Crippen LogP contribution in [-0.4, -0.2) is 21.5 Å². The fourth-order valence-electron chi connectivity index (χ4n) is 1.35. The third-order valence-electron chi connectivity index (χ3n) is 2.18. The van der Waals surface area contributed by atoms with Gasteiger partial charge in [-0.25, -0.2) is 9.97 Å². The van der Waals surface area contributed by atoms with Crippen LogP contribution >= 0.6 is 22.6 Å². The van der Waals surface area contributed by atoms with Crippen LogP contribution in [0.1, 0.15) is 13.3 Å². The first kappa shape index (κ1) is 12.2. The van der Waals surface area contributed by atoms with Crippen LogP contribution in [0.4, 0.5) is 5.82 Å². The Morgan fingerprint density at radius 2 is 2.18 bits per heavy atom. The smallest absolute Gasteiger partial charge is 0.180 e. The lowest BCUT2D eigenvalue weighted by Gasteiger charge is -2.07. The monoisotopic (exact) mass is 340 g/mol. The Kier molecular flexibility index (Phi) is 4.24. The number of rotatable bonds is 4. The van der Waals surface area contributed by atoms with Crippen LogP contribution in [0.25, 0.3) is 11.5 Å². The number of hydrogen-bond donors (Lipinski definition) is 1. The van der Waals surface area contributed by atoms with E-state index in [1.165, 1.54) is 0 Å². The molecule has 0 fully saturated rings. The molecule has 0 aliphatic carbocycles. The number of halogens is 1. The fourth-order valence-corrected chi connectivity index (χ4v) is 1.80. The molecule has 0 saturated heterocycles. The van der Waals surface area contributed by atoms with Crippen molar-refractivity contribution in [3.05, 3.63) is 34.2 Å². The summed E-state index contributed by atoms with van der Waals surface area (Å²) in [7, 11) is 0. The topological polar surface area (TPSA) is 50.7 Å². The number of aromatic nitrogens is 3. The molecule has 0 bridgehead atoms. The van der Waals surface area contributed by atoms with Gasteiger partial charge in [0.25, 0.3) is 0 Å². The van der Waals surface area contributed by atoms with E-state index < -0.39 is 0 Å². The second kappa shape index (κ2) is 5.90. The third kappa shape index (κ3) is 3.12. The van der Waals surface area contributed by atoms with Crippen molar-refractivity contribution in [1.29, 1.82) is 0 Å². The van der Waals surface area contributed by atoms with E-state index in [-0.39, 0.29) is 0 Å². The van der Waals surface area contributed by atoms with Crippen LogP contribution < -0.4 is 5.32 Å². The number of pyridine rings is 1. The quantitative estimate of drug-likeness (QED) is 0.870. The van der Waals surface area contributed by atoms with Gasteiger partial charge in [0.1, 0.15) is 11.5 Å². The van der Waals surface area contributed by atoms with Gasteiger partial charge in [-0.2, -0.15) is 0 Å². The SMILES string of the molecule is CCCNc1nc(-c2ccccn2)ncc1I. The van der Waals surface area contributed by atoms with E-state index >= 15 is 0 Å². The van der Waals surface area contributed by atoms with E-state index in [4.69, 9.17) is 0 Å². The summed E-state index contributed by atoms with van der Waals surface area (Å²) < 4.78 is 1.02. The summed E-state index contributed by atoms with van der Waals surface area (Å²) >= 11 is 2.23. The maximum Gasteiger partial charge on any atom is 0.180 e. The minimum absolute atomic E-state index is 0.657. The van der Waals surface area contributed by atoms with Gasteiger partial charge in [0.15, 0.2) is 5.82 Å². The Balaban J connectivity index is 2.31. The lowest BCUT2D eigenvalue weighted by Crippen LogP contribution is -2.05. The van der Waals surface area contributed by atoms with Crippen molar-refractivity contribution in [3.63, 3.8) is 0 Å². The molecule has 1 N–H and O–H groups in total. The molecule has 4 nitrogen and oxygen atoms in total. The highest BCUT2D eigenvalue weighted by atomic mass is 127. The predicted molar refractivity (Wildman–Crippen MR) is 76.8 cm³/mol. The molecule has 2 rings (SSSR count). The third-order valence-corrected chi connectivity index (χ3v) is 2.97. The molecular weight excluding hydrogens is 327 g/mol. The van der Waals surface area contributed by atoms with Crippen LogP contribution in [0.3, 0.4) is 0 Å². The second-order valence-corrected chi connectivity index (χ2v) is 4.69. The van der Waals surface area contributed by atoms with Crippen molar-refractivity contribution in [1.82, 2.24) is 15.0 Å². The van der Waals surface area contributed by atoms with Crippen LogP contribution in [-0.2, 0) is 0 Å². The summed E-state index contributed by atoms with van der Waals surface area (Å²) in [6, 6.07) is 5.72. The molecule has 2 aromatic heterocycles. The first-order valence-electron chi connectivity index (χ1n) is 5.49. The zero-order valence-corrected chi connectivity index (χ0v) is 11.7. The van der Waals surface area contributed by atoms with Crippen molar-refractivity contribution in [3.8, 4) is 11.5 Å². The summed E-state index contributed by atoms with van der Waals surface area (Å²) in [6.45, 7) is 3.04. The molecule has 2 aromatic rings. The summed E-state index contributed by atoms with van der Waals surface area (Å²) in [4.78, 5) is 13.0. The molecule has 0 aliphatic heterocycles. The lowest BCUT2D eigenvalue weighted by atomic mass is 10.3. The van der Waals surface area contributed by atoms with E-state index in [0.717, 1.165) is 28.0 Å². The summed E-state index contributed by atoms with van der Waals surface area (Å²) in [5.41, 5.74) is 0.795. The Morgan fingerprint density at radius 3 is 2.88 bits per heavy atom. The molecular formula is C12H13IN4. The van der Waals surface area contributed by atoms with Crippen molar-refractivity contribution in [2.24, 2.45) is 0 Å². The molecule has 88 valence electrons. The molecule has 0 amide bonds. The van der Waals surface area contributed by atoms with E-state index in [0.29, 0.717) is 5.82 Å². The van der Waals surface area contributed by atoms with Crippen LogP contribution in [0, 0.1) is 3.57 Å². The van der Waals surface area contributed by atoms with Gasteiger partial charge in [-0.3, -0.25) is 4.98 Å². The maximum atomic E-state index is 4.49. The second-order valence-electron chi connectivity index (χ2n) is 3.53. The van der Waals surface area contributed by atoms with Crippen LogP contribution in [0.2, 0.25) is 0 Å². The number of nitrogens with zero attached hydrogens (tertiary/aromatic N) is 3. The Bertz CT molecular complexity index is 487. The summed E-state index contributed by atoms with van der Waals surface area (Å²) in [5, 5.41) is 3.29. The average molecular weight is 340 g/mol. The van der Waals surface area contributed by atoms with Gasteiger partial charge < -0.3 is 5.32 Å². The Morgan fingerprint density at radius 1 is 1.29 bits per heavy atom. The molecule has 0 spiro atoms. The molecule has 5 heteroatoms. The molecule has 0 radical (unpaired) electrons. The van der Waals surface area contributed by atoms with Gasteiger partial charge in [0.2, 0.25) is 0 Å². The van der Waals surface area contributed by atoms with Crippen LogP contribution in [0.5, 0.6) is 0 Å². The first-order chi connectivity index (χ1) is 8.31. The number of hydrogen-bond acceptors (Lipinski definition) is 4.